The summed E-state index contributed by atoms with van der Waals surface area (Å²) in [5.41, 5.74) is 0.775. The molecule has 144 valence electrons. The summed E-state index contributed by atoms with van der Waals surface area (Å²) in [5.74, 6) is 3.87. The molecule has 1 amide bonds. The summed E-state index contributed by atoms with van der Waals surface area (Å²) in [5, 5.41) is 12.8. The van der Waals surface area contributed by atoms with Gasteiger partial charge in [-0.2, -0.15) is 4.52 Å². The molecule has 1 saturated carbocycles. The maximum atomic E-state index is 13.0. The predicted molar refractivity (Wildman–Crippen MR) is 102 cm³/mol. The second-order valence-corrected chi connectivity index (χ2v) is 8.52. The van der Waals surface area contributed by atoms with Crippen molar-refractivity contribution in [2.45, 2.75) is 45.4 Å². The molecule has 2 aliphatic heterocycles. The number of hydrogen-bond acceptors (Lipinski definition) is 5. The first-order chi connectivity index (χ1) is 13.2. The molecule has 0 spiro atoms. The Labute approximate surface area is 159 Å². The lowest BCUT2D eigenvalue weighted by atomic mass is 9.82. The van der Waals surface area contributed by atoms with Crippen LogP contribution in [0.25, 0.3) is 5.65 Å². The number of aromatic nitrogens is 4. The van der Waals surface area contributed by atoms with Gasteiger partial charge >= 0.3 is 0 Å². The quantitative estimate of drug-likeness (QED) is 0.814. The topological polar surface area (TPSA) is 66.6 Å². The molecule has 2 aromatic rings. The number of fused-ring (bicyclic) bond motifs is 2. The molecule has 4 heterocycles. The number of rotatable bonds is 2. The van der Waals surface area contributed by atoms with E-state index >= 15 is 0 Å². The second-order valence-electron chi connectivity index (χ2n) is 8.52. The average Bonchev–Trinajstić information content (AvgIpc) is 3.31. The van der Waals surface area contributed by atoms with E-state index in [1.165, 1.54) is 25.7 Å². The van der Waals surface area contributed by atoms with Gasteiger partial charge in [0.15, 0.2) is 11.5 Å². The van der Waals surface area contributed by atoms with Crippen LogP contribution >= 0.6 is 0 Å². The number of likely N-dealkylation sites (tertiary alicyclic amines) is 1. The van der Waals surface area contributed by atoms with Gasteiger partial charge in [-0.15, -0.1) is 15.3 Å². The molecule has 0 N–H and O–H groups in total. The van der Waals surface area contributed by atoms with E-state index in [-0.39, 0.29) is 5.92 Å². The van der Waals surface area contributed by atoms with Crippen LogP contribution in [-0.2, 0) is 4.79 Å². The van der Waals surface area contributed by atoms with Crippen molar-refractivity contribution in [3.05, 3.63) is 18.0 Å². The number of aryl methyl sites for hydroxylation is 1. The molecule has 2 unspecified atom stereocenters. The first-order valence-electron chi connectivity index (χ1n) is 10.4. The lowest BCUT2D eigenvalue weighted by Crippen LogP contribution is -2.42. The number of hydrogen-bond donors (Lipinski definition) is 0. The van der Waals surface area contributed by atoms with Crippen LogP contribution in [0.15, 0.2) is 12.1 Å². The lowest BCUT2D eigenvalue weighted by Gasteiger charge is -2.33. The Morgan fingerprint density at radius 2 is 1.70 bits per heavy atom. The summed E-state index contributed by atoms with van der Waals surface area (Å²) in [4.78, 5) is 17.5. The zero-order valence-corrected chi connectivity index (χ0v) is 16.0. The smallest absolute Gasteiger partial charge is 0.225 e. The maximum Gasteiger partial charge on any atom is 0.225 e. The standard InChI is InChI=1S/C20H28N6O/c1-14-21-22-18-6-7-19(23-26(14)18)24-10-8-15(9-11-24)20(27)25-12-16-4-2-3-5-17(16)13-25/h6-7,15-17H,2-5,8-13H2,1H3. The van der Waals surface area contributed by atoms with E-state index < -0.39 is 0 Å². The van der Waals surface area contributed by atoms with E-state index in [4.69, 9.17) is 0 Å². The van der Waals surface area contributed by atoms with Crippen LogP contribution in [0.1, 0.15) is 44.3 Å². The number of amides is 1. The third kappa shape index (κ3) is 3.07. The molecule has 3 fully saturated rings. The average molecular weight is 368 g/mol. The largest absolute Gasteiger partial charge is 0.355 e. The van der Waals surface area contributed by atoms with E-state index in [0.717, 1.165) is 68.1 Å². The Balaban J connectivity index is 1.22. The van der Waals surface area contributed by atoms with Crippen molar-refractivity contribution in [2.75, 3.05) is 31.1 Å². The fourth-order valence-electron chi connectivity index (χ4n) is 5.25. The molecule has 5 rings (SSSR count). The lowest BCUT2D eigenvalue weighted by molar-refractivity contribution is -0.135. The van der Waals surface area contributed by atoms with Crippen molar-refractivity contribution >= 4 is 17.4 Å². The van der Waals surface area contributed by atoms with E-state index in [1.54, 1.807) is 4.52 Å². The molecule has 0 aromatic carbocycles. The number of carbonyl (C=O) groups excluding carboxylic acids is 1. The van der Waals surface area contributed by atoms with Crippen LogP contribution in [0.2, 0.25) is 0 Å². The van der Waals surface area contributed by atoms with Crippen LogP contribution in [0.4, 0.5) is 5.82 Å². The summed E-state index contributed by atoms with van der Waals surface area (Å²) in [7, 11) is 0. The minimum atomic E-state index is 0.182. The molecule has 7 heteroatoms. The fraction of sp³-hybridized carbons (Fsp3) is 0.700. The summed E-state index contributed by atoms with van der Waals surface area (Å²) in [6.45, 7) is 5.70. The van der Waals surface area contributed by atoms with E-state index in [2.05, 4.69) is 25.1 Å². The summed E-state index contributed by atoms with van der Waals surface area (Å²) in [6, 6.07) is 3.97. The minimum Gasteiger partial charge on any atom is -0.355 e. The minimum absolute atomic E-state index is 0.182. The first kappa shape index (κ1) is 17.0. The van der Waals surface area contributed by atoms with Crippen molar-refractivity contribution in [3.63, 3.8) is 0 Å². The highest BCUT2D eigenvalue weighted by Gasteiger charge is 2.39. The van der Waals surface area contributed by atoms with Crippen molar-refractivity contribution in [3.8, 4) is 0 Å². The summed E-state index contributed by atoms with van der Waals surface area (Å²) in [6.07, 6.45) is 7.19. The monoisotopic (exact) mass is 368 g/mol. The molecule has 3 aliphatic rings. The number of nitrogens with zero attached hydrogens (tertiary/aromatic N) is 6. The van der Waals surface area contributed by atoms with Crippen LogP contribution in [0, 0.1) is 24.7 Å². The van der Waals surface area contributed by atoms with Gasteiger partial charge in [-0.05, 0) is 56.6 Å². The molecular formula is C20H28N6O. The van der Waals surface area contributed by atoms with Gasteiger partial charge in [-0.25, -0.2) is 0 Å². The van der Waals surface area contributed by atoms with Gasteiger partial charge in [0.25, 0.3) is 0 Å². The van der Waals surface area contributed by atoms with Gasteiger partial charge in [0.05, 0.1) is 0 Å². The Kier molecular flexibility index (Phi) is 4.25. The SMILES string of the molecule is Cc1nnc2ccc(N3CCC(C(=O)N4CC5CCCCC5C4)CC3)nn12. The summed E-state index contributed by atoms with van der Waals surface area (Å²) >= 11 is 0. The zero-order valence-electron chi connectivity index (χ0n) is 16.0. The van der Waals surface area contributed by atoms with Crippen LogP contribution in [0.3, 0.4) is 0 Å². The highest BCUT2D eigenvalue weighted by atomic mass is 16.2. The van der Waals surface area contributed by atoms with Crippen LogP contribution < -0.4 is 4.90 Å². The first-order valence-corrected chi connectivity index (χ1v) is 10.4. The molecule has 2 saturated heterocycles. The Hall–Kier alpha value is -2.18. The Morgan fingerprint density at radius 3 is 2.41 bits per heavy atom. The van der Waals surface area contributed by atoms with E-state index in [0.29, 0.717) is 5.91 Å². The number of piperidine rings is 1. The van der Waals surface area contributed by atoms with Gasteiger partial charge in [0, 0.05) is 32.1 Å². The summed E-state index contributed by atoms with van der Waals surface area (Å²) < 4.78 is 1.79. The highest BCUT2D eigenvalue weighted by Crippen LogP contribution is 2.37. The van der Waals surface area contributed by atoms with Crippen molar-refractivity contribution in [2.24, 2.45) is 17.8 Å². The normalized spacial score (nSPS) is 26.6. The van der Waals surface area contributed by atoms with Gasteiger partial charge in [0.2, 0.25) is 5.91 Å². The van der Waals surface area contributed by atoms with Crippen molar-refractivity contribution in [1.82, 2.24) is 24.7 Å². The van der Waals surface area contributed by atoms with Crippen LogP contribution in [0.5, 0.6) is 0 Å². The third-order valence-electron chi connectivity index (χ3n) is 6.86. The van der Waals surface area contributed by atoms with Crippen molar-refractivity contribution in [1.29, 1.82) is 0 Å². The maximum absolute atomic E-state index is 13.0. The van der Waals surface area contributed by atoms with E-state index in [1.807, 2.05) is 19.1 Å². The predicted octanol–water partition coefficient (Wildman–Crippen LogP) is 2.30. The molecule has 0 bridgehead atoms. The number of anilines is 1. The van der Waals surface area contributed by atoms with Gasteiger partial charge in [-0.1, -0.05) is 12.8 Å². The molecule has 27 heavy (non-hydrogen) atoms. The molecular weight excluding hydrogens is 340 g/mol. The molecule has 0 radical (unpaired) electrons. The van der Waals surface area contributed by atoms with Crippen molar-refractivity contribution < 1.29 is 4.79 Å². The molecule has 1 aliphatic carbocycles. The Bertz CT molecular complexity index is 826. The van der Waals surface area contributed by atoms with Crippen LogP contribution in [-0.4, -0.2) is 56.8 Å². The zero-order chi connectivity index (χ0) is 18.4. The molecule has 7 nitrogen and oxygen atoms in total. The van der Waals surface area contributed by atoms with E-state index in [9.17, 15) is 4.79 Å². The van der Waals surface area contributed by atoms with Gasteiger partial charge in [0.1, 0.15) is 5.82 Å². The molecule has 2 atom stereocenters. The fourth-order valence-corrected chi connectivity index (χ4v) is 5.25. The number of carbonyl (C=O) groups is 1. The second kappa shape index (κ2) is 6.77. The third-order valence-corrected chi connectivity index (χ3v) is 6.86. The Morgan fingerprint density at radius 1 is 1.00 bits per heavy atom. The molecule has 2 aromatic heterocycles. The highest BCUT2D eigenvalue weighted by molar-refractivity contribution is 5.79. The van der Waals surface area contributed by atoms with Gasteiger partial charge < -0.3 is 9.80 Å². The van der Waals surface area contributed by atoms with Gasteiger partial charge in [-0.3, -0.25) is 4.79 Å².